The predicted molar refractivity (Wildman–Crippen MR) is 80.2 cm³/mol. The van der Waals surface area contributed by atoms with E-state index in [1.165, 1.54) is 6.07 Å². The molecule has 0 aliphatic heterocycles. The average molecular weight is 335 g/mol. The zero-order valence-corrected chi connectivity index (χ0v) is 11.8. The van der Waals surface area contributed by atoms with Gasteiger partial charge in [0.1, 0.15) is 0 Å². The molecule has 102 valence electrons. The van der Waals surface area contributed by atoms with Gasteiger partial charge in [-0.2, -0.15) is 0 Å². The molecule has 2 aromatic rings. The van der Waals surface area contributed by atoms with Crippen LogP contribution in [0.3, 0.4) is 0 Å². The van der Waals surface area contributed by atoms with Crippen molar-refractivity contribution in [3.8, 4) is 0 Å². The number of carboxylic acids is 1. The molecule has 6 heteroatoms. The van der Waals surface area contributed by atoms with Crippen molar-refractivity contribution in [2.75, 3.05) is 10.6 Å². The summed E-state index contributed by atoms with van der Waals surface area (Å²) in [4.78, 5) is 23.0. The van der Waals surface area contributed by atoms with E-state index in [4.69, 9.17) is 5.11 Å². The second-order valence-electron chi connectivity index (χ2n) is 3.91. The highest BCUT2D eigenvalue weighted by Crippen LogP contribution is 2.26. The summed E-state index contributed by atoms with van der Waals surface area (Å²) in [5.74, 6) is -1.11. The van der Waals surface area contributed by atoms with E-state index in [2.05, 4.69) is 26.6 Å². The summed E-state index contributed by atoms with van der Waals surface area (Å²) in [6.45, 7) is 0. The molecule has 20 heavy (non-hydrogen) atoms. The third kappa shape index (κ3) is 3.36. The first kappa shape index (κ1) is 14.1. The Morgan fingerprint density at radius 1 is 0.950 bits per heavy atom. The van der Waals surface area contributed by atoms with Crippen LogP contribution in [0.2, 0.25) is 0 Å². The minimum absolute atomic E-state index is 0.0163. The molecular formula is C14H11BrN2O3. The predicted octanol–water partition coefficient (Wildman–Crippen LogP) is 3.79. The summed E-state index contributed by atoms with van der Waals surface area (Å²) < 4.78 is 0.501. The van der Waals surface area contributed by atoms with Crippen LogP contribution in [0.1, 0.15) is 10.4 Å². The van der Waals surface area contributed by atoms with Crippen molar-refractivity contribution in [3.05, 3.63) is 58.6 Å². The van der Waals surface area contributed by atoms with Crippen LogP contribution >= 0.6 is 15.9 Å². The molecule has 0 atom stereocenters. The Bertz CT molecular complexity index is 644. The number of halogens is 1. The minimum atomic E-state index is -1.11. The molecule has 0 unspecified atom stereocenters. The van der Waals surface area contributed by atoms with Crippen LogP contribution in [0.5, 0.6) is 0 Å². The molecule has 0 heterocycles. The summed E-state index contributed by atoms with van der Waals surface area (Å²) in [6, 6.07) is 13.0. The first-order chi connectivity index (χ1) is 9.58. The molecule has 2 aromatic carbocycles. The zero-order valence-electron chi connectivity index (χ0n) is 10.3. The van der Waals surface area contributed by atoms with Crippen LogP contribution in [-0.2, 0) is 0 Å². The number of carbonyl (C=O) groups is 2. The molecule has 0 spiro atoms. The fourth-order valence-electron chi connectivity index (χ4n) is 1.63. The molecule has 0 radical (unpaired) electrons. The Morgan fingerprint density at radius 2 is 1.65 bits per heavy atom. The fourth-order valence-corrected chi connectivity index (χ4v) is 2.09. The van der Waals surface area contributed by atoms with E-state index in [9.17, 15) is 9.59 Å². The van der Waals surface area contributed by atoms with Crippen LogP contribution in [0.25, 0.3) is 0 Å². The lowest BCUT2D eigenvalue weighted by Crippen LogP contribution is -2.21. The fraction of sp³-hybridized carbons (Fsp3) is 0. The van der Waals surface area contributed by atoms with Crippen molar-refractivity contribution in [2.45, 2.75) is 0 Å². The molecular weight excluding hydrogens is 324 g/mol. The Morgan fingerprint density at radius 3 is 2.30 bits per heavy atom. The number of carbonyl (C=O) groups excluding carboxylic acids is 1. The number of anilines is 2. The van der Waals surface area contributed by atoms with E-state index in [-0.39, 0.29) is 11.3 Å². The highest BCUT2D eigenvalue weighted by Gasteiger charge is 2.15. The Labute approximate surface area is 123 Å². The lowest BCUT2D eigenvalue weighted by atomic mass is 10.2. The number of rotatable bonds is 3. The largest absolute Gasteiger partial charge is 0.478 e. The number of aromatic carboxylic acids is 1. The highest BCUT2D eigenvalue weighted by atomic mass is 79.9. The van der Waals surface area contributed by atoms with E-state index in [0.29, 0.717) is 10.2 Å². The molecule has 0 aliphatic carbocycles. The maximum atomic E-state index is 11.9. The second-order valence-corrected chi connectivity index (χ2v) is 4.77. The summed E-state index contributed by atoms with van der Waals surface area (Å²) in [5.41, 5.74) is 0.852. The van der Waals surface area contributed by atoms with E-state index in [1.807, 2.05) is 6.07 Å². The van der Waals surface area contributed by atoms with Crippen molar-refractivity contribution in [1.29, 1.82) is 0 Å². The maximum absolute atomic E-state index is 11.9. The SMILES string of the molecule is O=C(Nc1ccccc1)Nc1c(Br)cccc1C(=O)O. The van der Waals surface area contributed by atoms with Gasteiger partial charge in [-0.25, -0.2) is 9.59 Å². The lowest BCUT2D eigenvalue weighted by Gasteiger charge is -2.11. The molecule has 0 fully saturated rings. The Hall–Kier alpha value is -2.34. The minimum Gasteiger partial charge on any atom is -0.478 e. The third-order valence-corrected chi connectivity index (χ3v) is 3.18. The van der Waals surface area contributed by atoms with Crippen molar-refractivity contribution in [2.24, 2.45) is 0 Å². The molecule has 0 aliphatic rings. The first-order valence-corrected chi connectivity index (χ1v) is 6.52. The van der Waals surface area contributed by atoms with E-state index in [1.54, 1.807) is 36.4 Å². The maximum Gasteiger partial charge on any atom is 0.337 e. The average Bonchev–Trinajstić information content (AvgIpc) is 2.42. The lowest BCUT2D eigenvalue weighted by molar-refractivity contribution is 0.0698. The van der Waals surface area contributed by atoms with Gasteiger partial charge >= 0.3 is 12.0 Å². The van der Waals surface area contributed by atoms with Crippen LogP contribution in [-0.4, -0.2) is 17.1 Å². The quantitative estimate of drug-likeness (QED) is 0.798. The smallest absolute Gasteiger partial charge is 0.337 e. The topological polar surface area (TPSA) is 78.4 Å². The van der Waals surface area contributed by atoms with Gasteiger partial charge in [0.15, 0.2) is 0 Å². The van der Waals surface area contributed by atoms with Crippen LogP contribution in [0.15, 0.2) is 53.0 Å². The van der Waals surface area contributed by atoms with Crippen molar-refractivity contribution >= 4 is 39.3 Å². The van der Waals surface area contributed by atoms with Gasteiger partial charge < -0.3 is 15.7 Å². The van der Waals surface area contributed by atoms with Gasteiger partial charge in [0.2, 0.25) is 0 Å². The monoisotopic (exact) mass is 334 g/mol. The van der Waals surface area contributed by atoms with Gasteiger partial charge in [0.05, 0.1) is 11.3 Å². The van der Waals surface area contributed by atoms with E-state index >= 15 is 0 Å². The molecule has 0 saturated carbocycles. The number of para-hydroxylation sites is 2. The van der Waals surface area contributed by atoms with Gasteiger partial charge in [0, 0.05) is 10.2 Å². The molecule has 0 bridgehead atoms. The number of benzene rings is 2. The van der Waals surface area contributed by atoms with Crippen LogP contribution in [0, 0.1) is 0 Å². The third-order valence-electron chi connectivity index (χ3n) is 2.51. The normalized spacial score (nSPS) is 9.85. The summed E-state index contributed by atoms with van der Waals surface area (Å²) >= 11 is 3.22. The second kappa shape index (κ2) is 6.21. The van der Waals surface area contributed by atoms with Gasteiger partial charge in [-0.05, 0) is 40.2 Å². The standard InChI is InChI=1S/C14H11BrN2O3/c15-11-8-4-7-10(13(18)19)12(11)17-14(20)16-9-5-2-1-3-6-9/h1-8H,(H,18,19)(H2,16,17,20). The summed E-state index contributed by atoms with van der Waals surface area (Å²) in [5, 5.41) is 14.3. The number of carboxylic acid groups (broad SMARTS) is 1. The number of nitrogens with one attached hydrogen (secondary N) is 2. The zero-order chi connectivity index (χ0) is 14.5. The molecule has 0 saturated heterocycles. The van der Waals surface area contributed by atoms with Gasteiger partial charge in [-0.15, -0.1) is 0 Å². The van der Waals surface area contributed by atoms with Crippen molar-refractivity contribution < 1.29 is 14.7 Å². The molecule has 0 aromatic heterocycles. The summed E-state index contributed by atoms with van der Waals surface area (Å²) in [6.07, 6.45) is 0. The molecule has 2 amide bonds. The summed E-state index contributed by atoms with van der Waals surface area (Å²) in [7, 11) is 0. The van der Waals surface area contributed by atoms with Gasteiger partial charge in [0.25, 0.3) is 0 Å². The number of urea groups is 1. The number of hydrogen-bond donors (Lipinski definition) is 3. The molecule has 2 rings (SSSR count). The van der Waals surface area contributed by atoms with E-state index in [0.717, 1.165) is 0 Å². The van der Waals surface area contributed by atoms with Crippen molar-refractivity contribution in [3.63, 3.8) is 0 Å². The Balaban J connectivity index is 2.18. The first-order valence-electron chi connectivity index (χ1n) is 5.73. The van der Waals surface area contributed by atoms with Crippen LogP contribution in [0.4, 0.5) is 16.2 Å². The number of amides is 2. The highest BCUT2D eigenvalue weighted by molar-refractivity contribution is 9.10. The molecule has 5 nitrogen and oxygen atoms in total. The van der Waals surface area contributed by atoms with Gasteiger partial charge in [-0.3, -0.25) is 0 Å². The Kier molecular flexibility index (Phi) is 4.37. The van der Waals surface area contributed by atoms with E-state index < -0.39 is 12.0 Å². The van der Waals surface area contributed by atoms with Crippen molar-refractivity contribution in [1.82, 2.24) is 0 Å². The molecule has 3 N–H and O–H groups in total. The number of hydrogen-bond acceptors (Lipinski definition) is 2. The van der Waals surface area contributed by atoms with Crippen LogP contribution < -0.4 is 10.6 Å². The van der Waals surface area contributed by atoms with Gasteiger partial charge in [-0.1, -0.05) is 24.3 Å².